The second-order valence-corrected chi connectivity index (χ2v) is 7.12. The second kappa shape index (κ2) is 9.13. The van der Waals surface area contributed by atoms with Crippen LogP contribution >= 0.6 is 0 Å². The van der Waals surface area contributed by atoms with E-state index in [9.17, 15) is 19.2 Å². The molecule has 0 bridgehead atoms. The number of hydrogen-bond acceptors (Lipinski definition) is 9. The fraction of sp³-hybridized carbons (Fsp3) is 0.364. The van der Waals surface area contributed by atoms with Crippen molar-refractivity contribution in [3.63, 3.8) is 0 Å². The molecule has 0 fully saturated rings. The minimum Gasteiger partial charge on any atom is -0.469 e. The normalized spacial score (nSPS) is 19.3. The first kappa shape index (κ1) is 22.9. The van der Waals surface area contributed by atoms with Crippen molar-refractivity contribution in [3.05, 3.63) is 52.6 Å². The van der Waals surface area contributed by atoms with Gasteiger partial charge in [-0.3, -0.25) is 9.59 Å². The third-order valence-electron chi connectivity index (χ3n) is 5.29. The van der Waals surface area contributed by atoms with Crippen LogP contribution in [0.3, 0.4) is 0 Å². The molecule has 10 nitrogen and oxygen atoms in total. The molecular formula is C22H24N2O8. The number of unbranched alkanes of at least 4 members (excludes halogenated alkanes) is 1. The van der Waals surface area contributed by atoms with Gasteiger partial charge >= 0.3 is 17.9 Å². The lowest BCUT2D eigenvalue weighted by Gasteiger charge is -2.35. The van der Waals surface area contributed by atoms with Crippen LogP contribution in [0.25, 0.3) is 0 Å². The number of carbonyl (C=O) groups excluding carboxylic acids is 4. The van der Waals surface area contributed by atoms with Crippen molar-refractivity contribution < 1.29 is 38.1 Å². The van der Waals surface area contributed by atoms with Crippen LogP contribution in [0, 0.1) is 0 Å². The molecule has 2 aliphatic heterocycles. The zero-order valence-corrected chi connectivity index (χ0v) is 18.0. The average molecular weight is 444 g/mol. The van der Waals surface area contributed by atoms with Crippen LogP contribution in [-0.4, -0.2) is 44.6 Å². The summed E-state index contributed by atoms with van der Waals surface area (Å²) in [4.78, 5) is 51.7. The van der Waals surface area contributed by atoms with Crippen molar-refractivity contribution >= 4 is 29.5 Å². The predicted molar refractivity (Wildman–Crippen MR) is 111 cm³/mol. The lowest BCUT2D eigenvalue weighted by Crippen LogP contribution is -2.48. The highest BCUT2D eigenvalue weighted by atomic mass is 16.5. The number of benzene rings is 1. The molecule has 1 aromatic carbocycles. The van der Waals surface area contributed by atoms with Gasteiger partial charge in [-0.2, -0.15) is 0 Å². The van der Waals surface area contributed by atoms with Gasteiger partial charge in [0.05, 0.1) is 20.8 Å². The van der Waals surface area contributed by atoms with E-state index in [1.807, 2.05) is 6.92 Å². The largest absolute Gasteiger partial charge is 0.469 e. The fourth-order valence-corrected chi connectivity index (χ4v) is 3.84. The first-order chi connectivity index (χ1) is 15.3. The Hall–Kier alpha value is -3.82. The Bertz CT molecular complexity index is 1040. The smallest absolute Gasteiger partial charge is 0.341 e. The summed E-state index contributed by atoms with van der Waals surface area (Å²) < 4.78 is 20.5. The third kappa shape index (κ3) is 3.57. The number of methoxy groups -OCH3 is 2. The Morgan fingerprint density at radius 1 is 1.09 bits per heavy atom. The number of rotatable bonds is 7. The number of anilines is 1. The fourth-order valence-electron chi connectivity index (χ4n) is 3.84. The number of nitrogens with two attached hydrogens (primary N) is 1. The maximum atomic E-state index is 13.5. The minimum atomic E-state index is -2.03. The maximum Gasteiger partial charge on any atom is 0.341 e. The number of fused-ring (bicyclic) bond motifs is 2. The lowest BCUT2D eigenvalue weighted by atomic mass is 9.67. The van der Waals surface area contributed by atoms with Crippen molar-refractivity contribution in [1.82, 2.24) is 0 Å². The van der Waals surface area contributed by atoms with Crippen LogP contribution in [0.4, 0.5) is 5.69 Å². The number of ether oxygens (including phenoxy) is 4. The van der Waals surface area contributed by atoms with Gasteiger partial charge in [0.1, 0.15) is 28.7 Å². The Balaban J connectivity index is 2.32. The van der Waals surface area contributed by atoms with Gasteiger partial charge in [0.25, 0.3) is 0 Å². The van der Waals surface area contributed by atoms with E-state index in [1.165, 1.54) is 0 Å². The third-order valence-corrected chi connectivity index (χ3v) is 5.29. The molecule has 3 N–H and O–H groups in total. The number of carbonyl (C=O) groups is 4. The molecule has 1 spiro atoms. The molecule has 0 radical (unpaired) electrons. The molecule has 3 rings (SSSR count). The maximum absolute atomic E-state index is 13.5. The molecule has 1 aromatic rings. The van der Waals surface area contributed by atoms with Crippen LogP contribution in [0.5, 0.6) is 0 Å². The number of amides is 1. The molecule has 0 saturated heterocycles. The zero-order valence-electron chi connectivity index (χ0n) is 18.0. The van der Waals surface area contributed by atoms with Crippen molar-refractivity contribution in [3.8, 4) is 0 Å². The molecule has 1 atom stereocenters. The second-order valence-electron chi connectivity index (χ2n) is 7.12. The standard InChI is InChI=1S/C22H24N2O8/c1-4-5-10-31-20(27)17-18(23)32-14(11-15(25)29-2)16(19(26)30-3)22(17)12-8-6-7-9-13(12)24-21(22)28/h6-9H,4-5,10-11,23H2,1-3H3,(H,24,28). The summed E-state index contributed by atoms with van der Waals surface area (Å²) in [5.41, 5.74) is 4.02. The Kier molecular flexibility index (Phi) is 6.52. The number of nitrogens with one attached hydrogen (secondary N) is 1. The van der Waals surface area contributed by atoms with Crippen molar-refractivity contribution in [2.75, 3.05) is 26.1 Å². The topological polar surface area (TPSA) is 143 Å². The van der Waals surface area contributed by atoms with Crippen LogP contribution in [-0.2, 0) is 43.5 Å². The molecule has 0 aliphatic carbocycles. The van der Waals surface area contributed by atoms with Gasteiger partial charge in [0.2, 0.25) is 11.8 Å². The Morgan fingerprint density at radius 3 is 2.47 bits per heavy atom. The quantitative estimate of drug-likeness (QED) is 0.362. The van der Waals surface area contributed by atoms with Crippen molar-refractivity contribution in [1.29, 1.82) is 0 Å². The summed E-state index contributed by atoms with van der Waals surface area (Å²) in [5, 5.41) is 2.68. The molecule has 0 saturated carbocycles. The van der Waals surface area contributed by atoms with E-state index >= 15 is 0 Å². The van der Waals surface area contributed by atoms with E-state index in [-0.39, 0.29) is 29.1 Å². The summed E-state index contributed by atoms with van der Waals surface area (Å²) in [6.45, 7) is 2.00. The predicted octanol–water partition coefficient (Wildman–Crippen LogP) is 1.41. The van der Waals surface area contributed by atoms with Gasteiger partial charge < -0.3 is 30.0 Å². The van der Waals surface area contributed by atoms with Crippen LogP contribution in [0.15, 0.2) is 47.1 Å². The summed E-state index contributed by atoms with van der Waals surface area (Å²) in [6, 6.07) is 6.51. The first-order valence-electron chi connectivity index (χ1n) is 9.97. The highest BCUT2D eigenvalue weighted by molar-refractivity contribution is 6.21. The van der Waals surface area contributed by atoms with E-state index < -0.39 is 41.5 Å². The van der Waals surface area contributed by atoms with Crippen LogP contribution in [0.1, 0.15) is 31.7 Å². The van der Waals surface area contributed by atoms with Crippen molar-refractivity contribution in [2.24, 2.45) is 5.73 Å². The summed E-state index contributed by atoms with van der Waals surface area (Å²) >= 11 is 0. The SMILES string of the molecule is CCCCOC(=O)C1=C(N)OC(CC(=O)OC)=C(C(=O)OC)C12C(=O)Nc1ccccc12. The van der Waals surface area contributed by atoms with Gasteiger partial charge in [-0.15, -0.1) is 0 Å². The highest BCUT2D eigenvalue weighted by Crippen LogP contribution is 2.52. The summed E-state index contributed by atoms with van der Waals surface area (Å²) in [5.74, 6) is -4.06. The number of hydrogen-bond donors (Lipinski definition) is 2. The molecule has 10 heteroatoms. The van der Waals surface area contributed by atoms with E-state index in [0.29, 0.717) is 12.1 Å². The van der Waals surface area contributed by atoms with Crippen LogP contribution < -0.4 is 11.1 Å². The molecule has 1 amide bonds. The van der Waals surface area contributed by atoms with Crippen LogP contribution in [0.2, 0.25) is 0 Å². The monoisotopic (exact) mass is 444 g/mol. The summed E-state index contributed by atoms with van der Waals surface area (Å²) in [7, 11) is 2.27. The highest BCUT2D eigenvalue weighted by Gasteiger charge is 2.62. The summed E-state index contributed by atoms with van der Waals surface area (Å²) in [6.07, 6.45) is 0.837. The lowest BCUT2D eigenvalue weighted by molar-refractivity contribution is -0.143. The molecular weight excluding hydrogens is 420 g/mol. The van der Waals surface area contributed by atoms with Crippen molar-refractivity contribution in [2.45, 2.75) is 31.6 Å². The van der Waals surface area contributed by atoms with E-state index in [4.69, 9.17) is 19.9 Å². The Labute approximate surface area is 184 Å². The molecule has 32 heavy (non-hydrogen) atoms. The molecule has 170 valence electrons. The molecule has 1 unspecified atom stereocenters. The molecule has 2 heterocycles. The van der Waals surface area contributed by atoms with E-state index in [1.54, 1.807) is 24.3 Å². The average Bonchev–Trinajstić information content (AvgIpc) is 3.05. The van der Waals surface area contributed by atoms with Gasteiger partial charge in [0.15, 0.2) is 0 Å². The van der Waals surface area contributed by atoms with Gasteiger partial charge in [0, 0.05) is 11.3 Å². The first-order valence-corrected chi connectivity index (χ1v) is 9.97. The van der Waals surface area contributed by atoms with Gasteiger partial charge in [-0.25, -0.2) is 9.59 Å². The minimum absolute atomic E-state index is 0.0811. The number of para-hydroxylation sites is 1. The van der Waals surface area contributed by atoms with E-state index in [2.05, 4.69) is 10.1 Å². The number of esters is 3. The van der Waals surface area contributed by atoms with Gasteiger partial charge in [-0.1, -0.05) is 31.5 Å². The van der Waals surface area contributed by atoms with E-state index in [0.717, 1.165) is 20.6 Å². The zero-order chi connectivity index (χ0) is 23.5. The Morgan fingerprint density at radius 2 is 1.81 bits per heavy atom. The molecule has 0 aromatic heterocycles. The molecule has 2 aliphatic rings. The van der Waals surface area contributed by atoms with Gasteiger partial charge in [-0.05, 0) is 12.5 Å².